The molecule has 0 bridgehead atoms. The summed E-state index contributed by atoms with van der Waals surface area (Å²) < 4.78 is 1.01. The van der Waals surface area contributed by atoms with E-state index < -0.39 is 0 Å². The first kappa shape index (κ1) is 13.8. The molecule has 1 aliphatic carbocycles. The highest BCUT2D eigenvalue weighted by Crippen LogP contribution is 2.34. The molecule has 98 valence electrons. The minimum Gasteiger partial charge on any atom is -0.303 e. The number of carbonyl (C=O) groups excluding carboxylic acids is 1. The minimum absolute atomic E-state index is 0.234. The number of rotatable bonds is 6. The van der Waals surface area contributed by atoms with Crippen molar-refractivity contribution in [3.63, 3.8) is 0 Å². The van der Waals surface area contributed by atoms with E-state index >= 15 is 0 Å². The van der Waals surface area contributed by atoms with Crippen molar-refractivity contribution < 1.29 is 4.79 Å². The number of carbonyl (C=O) groups is 1. The molecule has 2 rings (SSSR count). The predicted molar refractivity (Wildman–Crippen MR) is 77.9 cm³/mol. The molecule has 0 heterocycles. The monoisotopic (exact) mass is 309 g/mol. The molecule has 0 spiro atoms. The number of nitrogens with zero attached hydrogens (tertiary/aromatic N) is 1. The molecule has 0 radical (unpaired) electrons. The third-order valence-electron chi connectivity index (χ3n) is 3.86. The van der Waals surface area contributed by atoms with Gasteiger partial charge >= 0.3 is 0 Å². The lowest BCUT2D eigenvalue weighted by atomic mass is 10.1. The Morgan fingerprint density at radius 3 is 2.56 bits per heavy atom. The zero-order valence-electron chi connectivity index (χ0n) is 11.0. The van der Waals surface area contributed by atoms with Crippen LogP contribution in [0.4, 0.5) is 0 Å². The fraction of sp³-hybridized carbons (Fsp3) is 0.533. The van der Waals surface area contributed by atoms with Gasteiger partial charge in [0.25, 0.3) is 0 Å². The van der Waals surface area contributed by atoms with Gasteiger partial charge in [0.2, 0.25) is 0 Å². The first-order valence-electron chi connectivity index (χ1n) is 6.57. The molecule has 0 N–H and O–H groups in total. The molecule has 2 nitrogen and oxygen atoms in total. The van der Waals surface area contributed by atoms with E-state index in [-0.39, 0.29) is 5.78 Å². The van der Waals surface area contributed by atoms with Crippen molar-refractivity contribution in [2.24, 2.45) is 5.92 Å². The van der Waals surface area contributed by atoms with Crippen molar-refractivity contribution in [3.8, 4) is 0 Å². The summed E-state index contributed by atoms with van der Waals surface area (Å²) in [5.74, 6) is 1.09. The fourth-order valence-corrected chi connectivity index (χ4v) is 2.46. The standard InChI is InChI=1S/C15H20BrNO/c1-11(12-3-4-12)17(2)10-9-15(18)13-5-7-14(16)8-6-13/h5-8,11-12H,3-4,9-10H2,1-2H3. The van der Waals surface area contributed by atoms with Gasteiger partial charge in [-0.2, -0.15) is 0 Å². The quantitative estimate of drug-likeness (QED) is 0.746. The molecule has 1 aromatic carbocycles. The molecule has 1 aliphatic rings. The summed E-state index contributed by atoms with van der Waals surface area (Å²) >= 11 is 3.38. The summed E-state index contributed by atoms with van der Waals surface area (Å²) in [6.07, 6.45) is 3.31. The van der Waals surface area contributed by atoms with Crippen LogP contribution < -0.4 is 0 Å². The van der Waals surface area contributed by atoms with Crippen LogP contribution in [0, 0.1) is 5.92 Å². The molecule has 0 saturated heterocycles. The topological polar surface area (TPSA) is 20.3 Å². The number of benzene rings is 1. The summed E-state index contributed by atoms with van der Waals surface area (Å²) in [4.78, 5) is 14.3. The van der Waals surface area contributed by atoms with Crippen LogP contribution in [-0.4, -0.2) is 30.3 Å². The van der Waals surface area contributed by atoms with Crippen molar-refractivity contribution in [3.05, 3.63) is 34.3 Å². The average molecular weight is 310 g/mol. The Labute approximate surface area is 117 Å². The maximum Gasteiger partial charge on any atom is 0.164 e. The predicted octanol–water partition coefficient (Wildman–Crippen LogP) is 3.75. The lowest BCUT2D eigenvalue weighted by Crippen LogP contribution is -2.32. The summed E-state index contributed by atoms with van der Waals surface area (Å²) in [6.45, 7) is 3.12. The van der Waals surface area contributed by atoms with Crippen LogP contribution in [0.1, 0.15) is 36.5 Å². The number of halogens is 1. The number of Topliss-reactive ketones (excluding diaryl/α,β-unsaturated/α-hetero) is 1. The summed E-state index contributed by atoms with van der Waals surface area (Å²) in [5.41, 5.74) is 0.811. The summed E-state index contributed by atoms with van der Waals surface area (Å²) in [5, 5.41) is 0. The first-order chi connectivity index (χ1) is 8.58. The Hall–Kier alpha value is -0.670. The van der Waals surface area contributed by atoms with Crippen LogP contribution in [0.2, 0.25) is 0 Å². The Balaban J connectivity index is 1.82. The number of ketones is 1. The third-order valence-corrected chi connectivity index (χ3v) is 4.39. The Morgan fingerprint density at radius 2 is 2.00 bits per heavy atom. The molecular formula is C15H20BrNO. The highest BCUT2D eigenvalue weighted by Gasteiger charge is 2.30. The molecular weight excluding hydrogens is 290 g/mol. The lowest BCUT2D eigenvalue weighted by molar-refractivity contribution is 0.0959. The zero-order chi connectivity index (χ0) is 13.1. The van der Waals surface area contributed by atoms with Gasteiger partial charge in [-0.15, -0.1) is 0 Å². The first-order valence-corrected chi connectivity index (χ1v) is 7.36. The molecule has 1 saturated carbocycles. The number of hydrogen-bond donors (Lipinski definition) is 0. The SMILES string of the molecule is CC(C1CC1)N(C)CCC(=O)c1ccc(Br)cc1. The minimum atomic E-state index is 0.234. The molecule has 0 amide bonds. The van der Waals surface area contributed by atoms with Gasteiger partial charge in [0.05, 0.1) is 0 Å². The zero-order valence-corrected chi connectivity index (χ0v) is 12.6. The second-order valence-electron chi connectivity index (χ2n) is 5.24. The van der Waals surface area contributed by atoms with E-state index in [9.17, 15) is 4.79 Å². The molecule has 1 unspecified atom stereocenters. The van der Waals surface area contributed by atoms with E-state index in [0.717, 1.165) is 22.5 Å². The molecule has 1 aromatic rings. The Kier molecular flexibility index (Phi) is 4.57. The van der Waals surface area contributed by atoms with Crippen molar-refractivity contribution >= 4 is 21.7 Å². The van der Waals surface area contributed by atoms with Gasteiger partial charge in [-0.3, -0.25) is 4.79 Å². The van der Waals surface area contributed by atoms with E-state index in [4.69, 9.17) is 0 Å². The average Bonchev–Trinajstić information content (AvgIpc) is 3.19. The van der Waals surface area contributed by atoms with E-state index in [1.54, 1.807) is 0 Å². The van der Waals surface area contributed by atoms with Gasteiger partial charge in [0, 0.05) is 29.0 Å². The number of hydrogen-bond acceptors (Lipinski definition) is 2. The largest absolute Gasteiger partial charge is 0.303 e. The van der Waals surface area contributed by atoms with Crippen molar-refractivity contribution in [1.29, 1.82) is 0 Å². The van der Waals surface area contributed by atoms with Crippen molar-refractivity contribution in [1.82, 2.24) is 4.90 Å². The van der Waals surface area contributed by atoms with Gasteiger partial charge in [0.15, 0.2) is 5.78 Å². The van der Waals surface area contributed by atoms with Crippen molar-refractivity contribution in [2.75, 3.05) is 13.6 Å². The highest BCUT2D eigenvalue weighted by atomic mass is 79.9. The summed E-state index contributed by atoms with van der Waals surface area (Å²) in [7, 11) is 2.12. The van der Waals surface area contributed by atoms with E-state index in [0.29, 0.717) is 12.5 Å². The van der Waals surface area contributed by atoms with Crippen LogP contribution in [0.25, 0.3) is 0 Å². The van der Waals surface area contributed by atoms with Crippen LogP contribution in [0.5, 0.6) is 0 Å². The van der Waals surface area contributed by atoms with Gasteiger partial charge in [-0.1, -0.05) is 28.1 Å². The van der Waals surface area contributed by atoms with E-state index in [1.165, 1.54) is 12.8 Å². The van der Waals surface area contributed by atoms with Crippen LogP contribution >= 0.6 is 15.9 Å². The molecule has 1 atom stereocenters. The van der Waals surface area contributed by atoms with E-state index in [1.807, 2.05) is 24.3 Å². The van der Waals surface area contributed by atoms with Crippen LogP contribution in [0.15, 0.2) is 28.7 Å². The van der Waals surface area contributed by atoms with Gasteiger partial charge in [0.1, 0.15) is 0 Å². The third kappa shape index (κ3) is 3.66. The molecule has 18 heavy (non-hydrogen) atoms. The van der Waals surface area contributed by atoms with Crippen LogP contribution in [-0.2, 0) is 0 Å². The fourth-order valence-electron chi connectivity index (χ4n) is 2.20. The second kappa shape index (κ2) is 5.98. The normalized spacial score (nSPS) is 16.9. The molecule has 0 aliphatic heterocycles. The Bertz CT molecular complexity index is 411. The Morgan fingerprint density at radius 1 is 1.39 bits per heavy atom. The maximum absolute atomic E-state index is 12.0. The lowest BCUT2D eigenvalue weighted by Gasteiger charge is -2.24. The highest BCUT2D eigenvalue weighted by molar-refractivity contribution is 9.10. The maximum atomic E-state index is 12.0. The van der Waals surface area contributed by atoms with Gasteiger partial charge in [-0.25, -0.2) is 0 Å². The van der Waals surface area contributed by atoms with E-state index in [2.05, 4.69) is 34.8 Å². The van der Waals surface area contributed by atoms with Gasteiger partial charge in [-0.05, 0) is 44.9 Å². The summed E-state index contributed by atoms with van der Waals surface area (Å²) in [6, 6.07) is 8.23. The van der Waals surface area contributed by atoms with Crippen molar-refractivity contribution in [2.45, 2.75) is 32.2 Å². The molecule has 1 fully saturated rings. The second-order valence-corrected chi connectivity index (χ2v) is 6.15. The molecule has 3 heteroatoms. The van der Waals surface area contributed by atoms with Gasteiger partial charge < -0.3 is 4.90 Å². The molecule has 0 aromatic heterocycles. The van der Waals surface area contributed by atoms with Crippen LogP contribution in [0.3, 0.4) is 0 Å². The smallest absolute Gasteiger partial charge is 0.164 e.